The molecule has 5 heterocycles. The van der Waals surface area contributed by atoms with E-state index in [1.165, 1.54) is 13.4 Å². The molecular weight excluding hydrogens is 1010 g/mol. The number of methoxy groups -OCH3 is 1. The number of carbonyl (C=O) groups excluding carboxylic acids is 5. The van der Waals surface area contributed by atoms with E-state index in [-0.39, 0.29) is 59.7 Å². The molecule has 0 bridgehead atoms. The van der Waals surface area contributed by atoms with Gasteiger partial charge in [-0.25, -0.2) is 19.6 Å². The lowest BCUT2D eigenvalue weighted by atomic mass is 9.98. The van der Waals surface area contributed by atoms with Gasteiger partial charge >= 0.3 is 0 Å². The predicted molar refractivity (Wildman–Crippen MR) is 302 cm³/mol. The van der Waals surface area contributed by atoms with Crippen molar-refractivity contribution in [2.75, 3.05) is 121 Å². The summed E-state index contributed by atoms with van der Waals surface area (Å²) in [6, 6.07) is 8.46. The van der Waals surface area contributed by atoms with Crippen molar-refractivity contribution >= 4 is 75.2 Å². The third kappa shape index (κ3) is 13.4. The Kier molecular flexibility index (Phi) is 19.1. The second-order valence-electron chi connectivity index (χ2n) is 20.5. The van der Waals surface area contributed by atoms with E-state index in [0.29, 0.717) is 117 Å². The maximum absolute atomic E-state index is 13.9. The summed E-state index contributed by atoms with van der Waals surface area (Å²) in [5, 5.41) is 14.2. The van der Waals surface area contributed by atoms with E-state index >= 15 is 0 Å². The maximum atomic E-state index is 13.9. The number of nitrogen functional groups attached to an aromatic ring is 1. The summed E-state index contributed by atoms with van der Waals surface area (Å²) in [6.45, 7) is 9.76. The molecule has 3 aliphatic rings. The molecule has 3 aromatic heterocycles. The van der Waals surface area contributed by atoms with E-state index in [4.69, 9.17) is 30.0 Å². The molecular formula is C56H75N15O8. The van der Waals surface area contributed by atoms with Crippen LogP contribution in [0.4, 0.5) is 34.6 Å². The smallest absolute Gasteiger partial charge is 0.277 e. The first-order valence-corrected chi connectivity index (χ1v) is 27.1. The van der Waals surface area contributed by atoms with E-state index in [1.807, 2.05) is 44.9 Å². The number of likely N-dealkylation sites (N-methyl/N-ethyl adjacent to an activating group) is 3. The standard InChI is InChI=1S/C56H75N15O8/c1-9-43-55(76)68(7)44-32-59-56(64-51(44)70(43)39-14-10-11-15-39)63-42-21-19-38(30-45(42)77-8)53(74)58-22-26-78-28-29-79-27-25-67(6)23-13-17-46(72)69-24-12-16-40(33-69)71-52-48(50(57)60-34-61-52)49(65-71)54(75)62-41-20-18-37(35(2)36(41)3)31-47(73)66(4)5/h13,17-21,30,32,34,39-40,43H,9-12,14-16,22-29,31,33H2,1-8H3,(H,58,74)(H,62,75)(H2,57,60,61)(H,59,63,64)/b17-13+/t40-,43-/m1/s1. The Hall–Kier alpha value is -7.76. The first-order chi connectivity index (χ1) is 38.1. The van der Waals surface area contributed by atoms with Gasteiger partial charge in [0.25, 0.3) is 11.8 Å². The quantitative estimate of drug-likeness (QED) is 0.0492. The number of aromatic nitrogens is 6. The van der Waals surface area contributed by atoms with Crippen molar-refractivity contribution in [2.24, 2.45) is 0 Å². The molecule has 0 spiro atoms. The van der Waals surface area contributed by atoms with Gasteiger partial charge in [0.1, 0.15) is 29.6 Å². The molecule has 8 rings (SSSR count). The summed E-state index contributed by atoms with van der Waals surface area (Å²) in [6.07, 6.45) is 13.1. The number of anilines is 6. The number of amides is 5. The van der Waals surface area contributed by atoms with Crippen LogP contribution in [0, 0.1) is 13.8 Å². The van der Waals surface area contributed by atoms with E-state index in [2.05, 4.69) is 35.8 Å². The average molecular weight is 1090 g/mol. The Labute approximate surface area is 461 Å². The first-order valence-electron chi connectivity index (χ1n) is 27.1. The molecule has 5 aromatic rings. The molecule has 1 saturated carbocycles. The van der Waals surface area contributed by atoms with Crippen molar-refractivity contribution in [1.82, 2.24) is 49.7 Å². The zero-order valence-electron chi connectivity index (χ0n) is 46.7. The van der Waals surface area contributed by atoms with Gasteiger partial charge in [-0.05, 0) is 94.0 Å². The lowest BCUT2D eigenvalue weighted by molar-refractivity contribution is -0.128. The Bertz CT molecular complexity index is 3050. The molecule has 0 radical (unpaired) electrons. The van der Waals surface area contributed by atoms with Gasteiger partial charge < -0.3 is 60.4 Å². The van der Waals surface area contributed by atoms with Gasteiger partial charge in [0.2, 0.25) is 23.7 Å². The Morgan fingerprint density at radius 1 is 0.899 bits per heavy atom. The average Bonchev–Trinajstić information content (AvgIpc) is 4.26. The minimum Gasteiger partial charge on any atom is -0.495 e. The van der Waals surface area contributed by atoms with Crippen molar-refractivity contribution in [2.45, 2.75) is 90.3 Å². The summed E-state index contributed by atoms with van der Waals surface area (Å²) in [5.74, 6) is 0.840. The largest absolute Gasteiger partial charge is 0.495 e. The Morgan fingerprint density at radius 2 is 1.65 bits per heavy atom. The number of nitrogens with zero attached hydrogens (tertiary/aromatic N) is 11. The fourth-order valence-corrected chi connectivity index (χ4v) is 10.4. The molecule has 5 N–H and O–H groups in total. The minimum absolute atomic E-state index is 0.0161. The van der Waals surface area contributed by atoms with Crippen molar-refractivity contribution in [3.05, 3.63) is 83.0 Å². The second-order valence-corrected chi connectivity index (χ2v) is 20.5. The molecule has 79 heavy (non-hydrogen) atoms. The zero-order chi connectivity index (χ0) is 56.3. The molecule has 2 aromatic carbocycles. The van der Waals surface area contributed by atoms with Gasteiger partial charge in [-0.2, -0.15) is 10.1 Å². The highest BCUT2D eigenvalue weighted by Crippen LogP contribution is 2.41. The molecule has 23 nitrogen and oxygen atoms in total. The summed E-state index contributed by atoms with van der Waals surface area (Å²) in [4.78, 5) is 93.5. The minimum atomic E-state index is -0.473. The number of carbonyl (C=O) groups is 5. The van der Waals surface area contributed by atoms with Crippen molar-refractivity contribution < 1.29 is 38.2 Å². The van der Waals surface area contributed by atoms with E-state index in [0.717, 1.165) is 54.6 Å². The highest BCUT2D eigenvalue weighted by Gasteiger charge is 2.41. The first kappa shape index (κ1) is 57.4. The summed E-state index contributed by atoms with van der Waals surface area (Å²) in [5.41, 5.74) is 11.7. The third-order valence-corrected chi connectivity index (χ3v) is 15.1. The van der Waals surface area contributed by atoms with Gasteiger partial charge in [0, 0.05) is 77.2 Å². The second kappa shape index (κ2) is 26.3. The molecule has 5 amide bonds. The lowest BCUT2D eigenvalue weighted by Gasteiger charge is -2.43. The van der Waals surface area contributed by atoms with Gasteiger partial charge in [-0.3, -0.25) is 24.0 Å². The lowest BCUT2D eigenvalue weighted by Crippen LogP contribution is -2.55. The van der Waals surface area contributed by atoms with E-state index in [9.17, 15) is 24.0 Å². The monoisotopic (exact) mass is 1090 g/mol. The third-order valence-electron chi connectivity index (χ3n) is 15.1. The van der Waals surface area contributed by atoms with Gasteiger partial charge in [0.15, 0.2) is 17.2 Å². The molecule has 0 unspecified atom stereocenters. The highest BCUT2D eigenvalue weighted by molar-refractivity contribution is 6.13. The number of benzene rings is 2. The fourth-order valence-electron chi connectivity index (χ4n) is 10.4. The van der Waals surface area contributed by atoms with Crippen molar-refractivity contribution in [3.8, 4) is 5.75 Å². The van der Waals surface area contributed by atoms with Crippen LogP contribution < -0.4 is 36.2 Å². The zero-order valence-corrected chi connectivity index (χ0v) is 46.7. The van der Waals surface area contributed by atoms with Crippen LogP contribution in [0.1, 0.15) is 95.4 Å². The van der Waals surface area contributed by atoms with Crippen LogP contribution in [0.3, 0.4) is 0 Å². The number of rotatable bonds is 23. The topological polar surface area (TPSA) is 261 Å². The van der Waals surface area contributed by atoms with Crippen molar-refractivity contribution in [1.29, 1.82) is 0 Å². The molecule has 1 aliphatic carbocycles. The number of hydrogen-bond acceptors (Lipinski definition) is 17. The van der Waals surface area contributed by atoms with E-state index < -0.39 is 5.91 Å². The van der Waals surface area contributed by atoms with Gasteiger partial charge in [-0.15, -0.1) is 0 Å². The molecule has 2 fully saturated rings. The summed E-state index contributed by atoms with van der Waals surface area (Å²) in [7, 11) is 8.70. The van der Waals surface area contributed by atoms with Gasteiger partial charge in [-0.1, -0.05) is 31.9 Å². The highest BCUT2D eigenvalue weighted by atomic mass is 16.5. The number of nitrogens with two attached hydrogens (primary N) is 1. The number of piperidine rings is 1. The fraction of sp³-hybridized carbons (Fsp3) is 0.500. The van der Waals surface area contributed by atoms with Crippen LogP contribution in [0.5, 0.6) is 5.75 Å². The normalized spacial score (nSPS) is 16.7. The van der Waals surface area contributed by atoms with Crippen LogP contribution >= 0.6 is 0 Å². The number of likely N-dealkylation sites (tertiary alicyclic amines) is 1. The van der Waals surface area contributed by atoms with Crippen LogP contribution in [0.15, 0.2) is 55.0 Å². The van der Waals surface area contributed by atoms with Crippen LogP contribution in [-0.4, -0.2) is 180 Å². The van der Waals surface area contributed by atoms with Gasteiger partial charge in [0.05, 0.1) is 63.3 Å². The summed E-state index contributed by atoms with van der Waals surface area (Å²) < 4.78 is 18.8. The number of nitrogens with one attached hydrogen (secondary N) is 3. The Morgan fingerprint density at radius 3 is 2.39 bits per heavy atom. The number of fused-ring (bicyclic) bond motifs is 2. The molecule has 1 saturated heterocycles. The SMILES string of the molecule is CC[C@@H]1C(=O)N(C)c2cnc(Nc3ccc(C(=O)NCCOCCOCCN(C)C/C=C/C(=O)N4CCC[C@@H](n5nc(C(=O)Nc6ccc(CC(=O)N(C)C)c(C)c6C)c6c(N)ncnc65)C4)cc3OC)nc2N1C1CCCC1. The molecule has 2 aliphatic heterocycles. The Balaban J connectivity index is 0.735. The molecule has 23 heteroatoms. The van der Waals surface area contributed by atoms with E-state index in [1.54, 1.807) is 77.1 Å². The predicted octanol–water partition coefficient (Wildman–Crippen LogP) is 5.07. The summed E-state index contributed by atoms with van der Waals surface area (Å²) >= 11 is 0. The van der Waals surface area contributed by atoms with Crippen LogP contribution in [0.25, 0.3) is 11.0 Å². The van der Waals surface area contributed by atoms with Crippen molar-refractivity contribution in [3.63, 3.8) is 0 Å². The maximum Gasteiger partial charge on any atom is 0.277 e. The van der Waals surface area contributed by atoms with Crippen LogP contribution in [-0.2, 0) is 30.3 Å². The van der Waals surface area contributed by atoms with Crippen LogP contribution in [0.2, 0.25) is 0 Å². The molecule has 2 atom stereocenters. The molecule has 422 valence electrons. The number of hydrogen-bond donors (Lipinski definition) is 4. The number of ether oxygens (including phenoxy) is 3.